The van der Waals surface area contributed by atoms with Crippen molar-refractivity contribution in [1.82, 2.24) is 5.32 Å². The zero-order valence-electron chi connectivity index (χ0n) is 15.6. The highest BCUT2D eigenvalue weighted by atomic mass is 32.2. The van der Waals surface area contributed by atoms with E-state index in [1.807, 2.05) is 4.90 Å². The minimum absolute atomic E-state index is 0.106. The van der Waals surface area contributed by atoms with Gasteiger partial charge < -0.3 is 15.0 Å². The number of nitro groups is 1. The molecule has 152 valence electrons. The van der Waals surface area contributed by atoms with Crippen molar-refractivity contribution in [3.63, 3.8) is 0 Å². The predicted molar refractivity (Wildman–Crippen MR) is 108 cm³/mol. The number of thioether (sulfide) groups is 1. The summed E-state index contributed by atoms with van der Waals surface area (Å²) < 4.78 is 19.3. The van der Waals surface area contributed by atoms with E-state index in [0.717, 1.165) is 5.56 Å². The maximum atomic E-state index is 14.0. The number of nitrogens with zero attached hydrogens (tertiary/aromatic N) is 2. The number of anilines is 1. The van der Waals surface area contributed by atoms with E-state index in [-0.39, 0.29) is 23.1 Å². The lowest BCUT2D eigenvalue weighted by Gasteiger charge is -2.28. The van der Waals surface area contributed by atoms with E-state index in [9.17, 15) is 19.3 Å². The minimum atomic E-state index is -0.469. The number of halogens is 1. The summed E-state index contributed by atoms with van der Waals surface area (Å²) in [6.45, 7) is 2.15. The van der Waals surface area contributed by atoms with Gasteiger partial charge in [0, 0.05) is 35.4 Å². The Morgan fingerprint density at radius 3 is 2.83 bits per heavy atom. The van der Waals surface area contributed by atoms with Crippen LogP contribution in [0.15, 0.2) is 41.3 Å². The Kier molecular flexibility index (Phi) is 5.68. The van der Waals surface area contributed by atoms with Crippen molar-refractivity contribution in [1.29, 1.82) is 0 Å². The molecule has 4 rings (SSSR count). The Labute approximate surface area is 171 Å². The third-order valence-electron chi connectivity index (χ3n) is 5.12. The number of carbonyl (C=O) groups is 1. The fourth-order valence-corrected chi connectivity index (χ4v) is 4.80. The van der Waals surface area contributed by atoms with Crippen LogP contribution in [0.25, 0.3) is 0 Å². The monoisotopic (exact) mass is 417 g/mol. The smallest absolute Gasteiger partial charge is 0.293 e. The molecule has 2 aromatic rings. The molecule has 1 N–H and O–H groups in total. The highest BCUT2D eigenvalue weighted by molar-refractivity contribution is 7.99. The molecule has 0 spiro atoms. The molecule has 7 nitrogen and oxygen atoms in total. The van der Waals surface area contributed by atoms with Gasteiger partial charge in [-0.2, -0.15) is 0 Å². The first-order valence-corrected chi connectivity index (χ1v) is 10.4. The van der Waals surface area contributed by atoms with Crippen LogP contribution in [0, 0.1) is 15.9 Å². The quantitative estimate of drug-likeness (QED) is 0.605. The van der Waals surface area contributed by atoms with Crippen LogP contribution < -0.4 is 10.2 Å². The Balaban J connectivity index is 1.57. The average Bonchev–Trinajstić information content (AvgIpc) is 2.74. The first-order valence-electron chi connectivity index (χ1n) is 9.38. The van der Waals surface area contributed by atoms with Gasteiger partial charge in [0.2, 0.25) is 0 Å². The molecule has 1 amide bonds. The second-order valence-corrected chi connectivity index (χ2v) is 7.99. The zero-order valence-corrected chi connectivity index (χ0v) is 16.4. The van der Waals surface area contributed by atoms with Crippen LogP contribution in [0.3, 0.4) is 0 Å². The number of carbonyl (C=O) groups excluding carboxylic acids is 1. The summed E-state index contributed by atoms with van der Waals surface area (Å²) in [5.41, 5.74) is 1.33. The van der Waals surface area contributed by atoms with Crippen LogP contribution in [0.4, 0.5) is 15.8 Å². The largest absolute Gasteiger partial charge is 0.378 e. The number of benzene rings is 2. The molecule has 2 aliphatic heterocycles. The van der Waals surface area contributed by atoms with Crippen LogP contribution >= 0.6 is 11.8 Å². The molecule has 0 aliphatic carbocycles. The van der Waals surface area contributed by atoms with Gasteiger partial charge in [-0.15, -0.1) is 11.8 Å². The Morgan fingerprint density at radius 1 is 1.28 bits per heavy atom. The van der Waals surface area contributed by atoms with Gasteiger partial charge in [0.1, 0.15) is 11.5 Å². The zero-order chi connectivity index (χ0) is 20.4. The van der Waals surface area contributed by atoms with E-state index in [0.29, 0.717) is 49.1 Å². The summed E-state index contributed by atoms with van der Waals surface area (Å²) in [6.07, 6.45) is 0.667. The third-order valence-corrected chi connectivity index (χ3v) is 6.28. The van der Waals surface area contributed by atoms with Crippen molar-refractivity contribution in [2.45, 2.75) is 17.4 Å². The molecular weight excluding hydrogens is 397 g/mol. The summed E-state index contributed by atoms with van der Waals surface area (Å²) in [6, 6.07) is 9.03. The molecule has 0 aromatic heterocycles. The molecule has 0 saturated carbocycles. The lowest BCUT2D eigenvalue weighted by Crippen LogP contribution is -2.36. The van der Waals surface area contributed by atoms with Gasteiger partial charge >= 0.3 is 0 Å². The van der Waals surface area contributed by atoms with E-state index >= 15 is 0 Å². The summed E-state index contributed by atoms with van der Waals surface area (Å²) in [5, 5.41) is 14.5. The lowest BCUT2D eigenvalue weighted by atomic mass is 10.0. The first kappa shape index (κ1) is 19.7. The molecule has 29 heavy (non-hydrogen) atoms. The highest BCUT2D eigenvalue weighted by Gasteiger charge is 2.27. The van der Waals surface area contributed by atoms with E-state index in [1.165, 1.54) is 23.9 Å². The van der Waals surface area contributed by atoms with Gasteiger partial charge in [-0.05, 0) is 30.2 Å². The van der Waals surface area contributed by atoms with Crippen LogP contribution in [-0.2, 0) is 4.74 Å². The highest BCUT2D eigenvalue weighted by Crippen LogP contribution is 2.38. The van der Waals surface area contributed by atoms with E-state index < -0.39 is 10.8 Å². The molecule has 2 aliphatic rings. The molecule has 9 heteroatoms. The number of ether oxygens (including phenoxy) is 1. The molecule has 1 atom stereocenters. The van der Waals surface area contributed by atoms with Gasteiger partial charge in [0.05, 0.1) is 24.2 Å². The fourth-order valence-electron chi connectivity index (χ4n) is 3.66. The number of nitro benzene ring substituents is 1. The lowest BCUT2D eigenvalue weighted by molar-refractivity contribution is -0.384. The van der Waals surface area contributed by atoms with Crippen LogP contribution in [0.2, 0.25) is 0 Å². The topological polar surface area (TPSA) is 84.7 Å². The van der Waals surface area contributed by atoms with Gasteiger partial charge in [0.25, 0.3) is 11.6 Å². The first-order chi connectivity index (χ1) is 14.0. The number of morpholine rings is 1. The van der Waals surface area contributed by atoms with Gasteiger partial charge in [0.15, 0.2) is 0 Å². The van der Waals surface area contributed by atoms with E-state index in [2.05, 4.69) is 5.32 Å². The molecule has 0 bridgehead atoms. The predicted octanol–water partition coefficient (Wildman–Crippen LogP) is 3.54. The van der Waals surface area contributed by atoms with E-state index in [4.69, 9.17) is 4.74 Å². The minimum Gasteiger partial charge on any atom is -0.378 e. The summed E-state index contributed by atoms with van der Waals surface area (Å²) >= 11 is 1.43. The number of rotatable bonds is 4. The standard InChI is InChI=1S/C20H20FN3O4S/c21-15-3-1-2-14-16(6-11-29-19(14)15)22-20(25)13-4-5-17(18(12-13)24(26)27)23-7-9-28-10-8-23/h1-5,12,16H,6-11H2,(H,22,25)/t16-/m1/s1. The van der Waals surface area contributed by atoms with Gasteiger partial charge in [-0.25, -0.2) is 4.39 Å². The third kappa shape index (κ3) is 4.06. The van der Waals surface area contributed by atoms with E-state index in [1.54, 1.807) is 24.3 Å². The maximum absolute atomic E-state index is 14.0. The average molecular weight is 417 g/mol. The Hall–Kier alpha value is -2.65. The van der Waals surface area contributed by atoms with Crippen LogP contribution in [-0.4, -0.2) is 42.9 Å². The van der Waals surface area contributed by atoms with Crippen molar-refractivity contribution in [2.24, 2.45) is 0 Å². The number of amides is 1. The second-order valence-electron chi connectivity index (χ2n) is 6.88. The number of hydrogen-bond donors (Lipinski definition) is 1. The van der Waals surface area contributed by atoms with Gasteiger partial charge in [-0.1, -0.05) is 12.1 Å². The molecule has 0 radical (unpaired) electrons. The van der Waals surface area contributed by atoms with Crippen LogP contribution in [0.1, 0.15) is 28.4 Å². The van der Waals surface area contributed by atoms with Gasteiger partial charge in [-0.3, -0.25) is 14.9 Å². The number of fused-ring (bicyclic) bond motifs is 1. The normalized spacial score (nSPS) is 18.8. The molecule has 1 saturated heterocycles. The Bertz CT molecular complexity index is 949. The van der Waals surface area contributed by atoms with Crippen molar-refractivity contribution < 1.29 is 18.8 Å². The number of nitrogens with one attached hydrogen (secondary N) is 1. The molecule has 0 unspecified atom stereocenters. The summed E-state index contributed by atoms with van der Waals surface area (Å²) in [5.74, 6) is -0.0136. The summed E-state index contributed by atoms with van der Waals surface area (Å²) in [7, 11) is 0. The Morgan fingerprint density at radius 2 is 2.07 bits per heavy atom. The van der Waals surface area contributed by atoms with Crippen LogP contribution in [0.5, 0.6) is 0 Å². The van der Waals surface area contributed by atoms with Crippen molar-refractivity contribution in [2.75, 3.05) is 37.0 Å². The SMILES string of the molecule is O=C(N[C@@H]1CCSc2c(F)cccc21)c1ccc(N2CCOCC2)c([N+](=O)[O-])c1. The van der Waals surface area contributed by atoms with Crippen molar-refractivity contribution >= 4 is 29.0 Å². The second kappa shape index (κ2) is 8.38. The molecule has 2 aromatic carbocycles. The number of hydrogen-bond acceptors (Lipinski definition) is 6. The summed E-state index contributed by atoms with van der Waals surface area (Å²) in [4.78, 5) is 26.4. The maximum Gasteiger partial charge on any atom is 0.293 e. The van der Waals surface area contributed by atoms with Crippen molar-refractivity contribution in [3.8, 4) is 0 Å². The molecular formula is C20H20FN3O4S. The fraction of sp³-hybridized carbons (Fsp3) is 0.350. The molecule has 2 heterocycles. The molecule has 1 fully saturated rings. The van der Waals surface area contributed by atoms with Crippen molar-refractivity contribution in [3.05, 3.63) is 63.5 Å².